The lowest BCUT2D eigenvalue weighted by Gasteiger charge is -2.54. The molecule has 1 aliphatic carbocycles. The third-order valence-electron chi connectivity index (χ3n) is 5.88. The lowest BCUT2D eigenvalue weighted by atomic mass is 9.62. The van der Waals surface area contributed by atoms with E-state index in [9.17, 15) is 0 Å². The summed E-state index contributed by atoms with van der Waals surface area (Å²) in [5, 5.41) is 0. The number of hydrogen-bond donors (Lipinski definition) is 0. The molecule has 0 aromatic heterocycles. The van der Waals surface area contributed by atoms with E-state index in [-0.39, 0.29) is 5.54 Å². The fourth-order valence-electron chi connectivity index (χ4n) is 4.38. The van der Waals surface area contributed by atoms with Crippen LogP contribution in [0.5, 0.6) is 5.75 Å². The molecule has 1 aromatic carbocycles. The third kappa shape index (κ3) is 1.92. The zero-order valence-corrected chi connectivity index (χ0v) is 13.4. The fraction of sp³-hybridized carbons (Fsp3) is 0.667. The van der Waals surface area contributed by atoms with Crippen molar-refractivity contribution in [2.45, 2.75) is 51.5 Å². The minimum absolute atomic E-state index is 0.226. The van der Waals surface area contributed by atoms with Crippen LogP contribution in [-0.4, -0.2) is 19.7 Å². The molecule has 0 amide bonds. The van der Waals surface area contributed by atoms with E-state index in [0.717, 1.165) is 17.6 Å². The van der Waals surface area contributed by atoms with Crippen LogP contribution in [0.15, 0.2) is 18.2 Å². The van der Waals surface area contributed by atoms with Crippen molar-refractivity contribution in [3.05, 3.63) is 23.8 Å². The molecule has 1 aromatic rings. The molecule has 1 heterocycles. The average molecular weight is 273 g/mol. The van der Waals surface area contributed by atoms with E-state index in [1.807, 2.05) is 0 Å². The Bertz CT molecular complexity index is 508. The van der Waals surface area contributed by atoms with Gasteiger partial charge < -0.3 is 9.64 Å². The summed E-state index contributed by atoms with van der Waals surface area (Å²) in [6, 6.07) is 6.64. The van der Waals surface area contributed by atoms with Crippen molar-refractivity contribution >= 4 is 5.69 Å². The molecule has 1 fully saturated rings. The molecule has 2 heteroatoms. The van der Waals surface area contributed by atoms with E-state index >= 15 is 0 Å². The molecule has 3 atom stereocenters. The predicted molar refractivity (Wildman–Crippen MR) is 84.7 cm³/mol. The number of fused-ring (bicyclic) bond motifs is 3. The van der Waals surface area contributed by atoms with Gasteiger partial charge in [-0.15, -0.1) is 0 Å². The molecule has 0 spiro atoms. The van der Waals surface area contributed by atoms with E-state index in [1.165, 1.54) is 30.5 Å². The van der Waals surface area contributed by atoms with Gasteiger partial charge in [0.2, 0.25) is 0 Å². The van der Waals surface area contributed by atoms with Crippen LogP contribution in [0.4, 0.5) is 5.69 Å². The number of benzene rings is 1. The fourth-order valence-corrected chi connectivity index (χ4v) is 4.38. The van der Waals surface area contributed by atoms with Crippen LogP contribution in [0.25, 0.3) is 0 Å². The Morgan fingerprint density at radius 3 is 2.70 bits per heavy atom. The second-order valence-corrected chi connectivity index (χ2v) is 7.27. The zero-order chi connectivity index (χ0) is 14.5. The molecule has 0 N–H and O–H groups in total. The molecule has 0 radical (unpaired) electrons. The lowest BCUT2D eigenvalue weighted by Crippen LogP contribution is -2.54. The van der Waals surface area contributed by atoms with Crippen molar-refractivity contribution < 1.29 is 4.74 Å². The van der Waals surface area contributed by atoms with E-state index in [2.05, 4.69) is 50.9 Å². The standard InChI is InChI=1S/C18H27NO/c1-12-6-9-16-15(10-12)14-8-7-13(20-5)11-17(14)19(4)18(16,2)3/h7-8,11-12,15-16H,6,9-10H2,1-5H3/t12?,15-,16?/m0/s1. The monoisotopic (exact) mass is 273 g/mol. The summed E-state index contributed by atoms with van der Waals surface area (Å²) in [5.74, 6) is 3.30. The maximum Gasteiger partial charge on any atom is 0.120 e. The number of anilines is 1. The summed E-state index contributed by atoms with van der Waals surface area (Å²) < 4.78 is 5.43. The summed E-state index contributed by atoms with van der Waals surface area (Å²) >= 11 is 0. The SMILES string of the molecule is COc1ccc2c(c1)N(C)C(C)(C)C1CCC(C)C[C@@H]21. The van der Waals surface area contributed by atoms with Crippen LogP contribution < -0.4 is 9.64 Å². The Hall–Kier alpha value is -1.18. The van der Waals surface area contributed by atoms with Gasteiger partial charge in [-0.1, -0.05) is 19.4 Å². The molecular weight excluding hydrogens is 246 g/mol. The van der Waals surface area contributed by atoms with Gasteiger partial charge in [0.1, 0.15) is 5.75 Å². The first-order valence-electron chi connectivity index (χ1n) is 7.87. The molecule has 1 aliphatic heterocycles. The highest BCUT2D eigenvalue weighted by Gasteiger charge is 2.46. The molecule has 3 rings (SSSR count). The minimum atomic E-state index is 0.226. The van der Waals surface area contributed by atoms with Crippen molar-refractivity contribution in [2.75, 3.05) is 19.1 Å². The second kappa shape index (κ2) is 4.68. The van der Waals surface area contributed by atoms with Gasteiger partial charge in [0, 0.05) is 24.3 Å². The molecule has 20 heavy (non-hydrogen) atoms. The van der Waals surface area contributed by atoms with Crippen LogP contribution in [0.1, 0.15) is 51.5 Å². The first-order chi connectivity index (χ1) is 9.45. The van der Waals surface area contributed by atoms with Gasteiger partial charge >= 0.3 is 0 Å². The number of rotatable bonds is 1. The molecule has 1 saturated carbocycles. The van der Waals surface area contributed by atoms with Gasteiger partial charge in [0.25, 0.3) is 0 Å². The van der Waals surface area contributed by atoms with Gasteiger partial charge in [-0.3, -0.25) is 0 Å². The van der Waals surface area contributed by atoms with E-state index < -0.39 is 0 Å². The molecule has 2 nitrogen and oxygen atoms in total. The Kier molecular flexibility index (Phi) is 3.23. The summed E-state index contributed by atoms with van der Waals surface area (Å²) in [7, 11) is 3.99. The largest absolute Gasteiger partial charge is 0.497 e. The van der Waals surface area contributed by atoms with Crippen LogP contribution in [0.3, 0.4) is 0 Å². The highest BCUT2D eigenvalue weighted by molar-refractivity contribution is 5.62. The van der Waals surface area contributed by atoms with Crippen LogP contribution >= 0.6 is 0 Å². The number of ether oxygens (including phenoxy) is 1. The van der Waals surface area contributed by atoms with Crippen LogP contribution in [-0.2, 0) is 0 Å². The predicted octanol–water partition coefficient (Wildman–Crippen LogP) is 4.44. The summed E-state index contributed by atoms with van der Waals surface area (Å²) in [5.41, 5.74) is 3.12. The first-order valence-corrected chi connectivity index (χ1v) is 7.87. The second-order valence-electron chi connectivity index (χ2n) is 7.27. The molecule has 2 unspecified atom stereocenters. The first kappa shape index (κ1) is 13.8. The summed E-state index contributed by atoms with van der Waals surface area (Å²) in [6.07, 6.45) is 4.07. The van der Waals surface area contributed by atoms with Crippen molar-refractivity contribution in [1.29, 1.82) is 0 Å². The highest BCUT2D eigenvalue weighted by Crippen LogP contribution is 2.54. The minimum Gasteiger partial charge on any atom is -0.497 e. The number of methoxy groups -OCH3 is 1. The van der Waals surface area contributed by atoms with Crippen molar-refractivity contribution in [3.8, 4) is 5.75 Å². The summed E-state index contributed by atoms with van der Waals surface area (Å²) in [4.78, 5) is 2.47. The van der Waals surface area contributed by atoms with Crippen molar-refractivity contribution in [1.82, 2.24) is 0 Å². The van der Waals surface area contributed by atoms with Crippen molar-refractivity contribution in [3.63, 3.8) is 0 Å². The number of hydrogen-bond acceptors (Lipinski definition) is 2. The molecule has 2 aliphatic rings. The van der Waals surface area contributed by atoms with Gasteiger partial charge in [-0.25, -0.2) is 0 Å². The van der Waals surface area contributed by atoms with E-state index in [0.29, 0.717) is 5.92 Å². The Labute approximate surface area is 123 Å². The van der Waals surface area contributed by atoms with Crippen LogP contribution in [0, 0.1) is 11.8 Å². The quantitative estimate of drug-likeness (QED) is 0.750. The van der Waals surface area contributed by atoms with Gasteiger partial charge in [-0.2, -0.15) is 0 Å². The molecular formula is C18H27NO. The lowest BCUT2D eigenvalue weighted by molar-refractivity contribution is 0.157. The highest BCUT2D eigenvalue weighted by atomic mass is 16.5. The van der Waals surface area contributed by atoms with Gasteiger partial charge in [0.15, 0.2) is 0 Å². The van der Waals surface area contributed by atoms with Gasteiger partial charge in [-0.05, 0) is 56.1 Å². The maximum atomic E-state index is 5.43. The van der Waals surface area contributed by atoms with E-state index in [4.69, 9.17) is 4.74 Å². The van der Waals surface area contributed by atoms with Gasteiger partial charge in [0.05, 0.1) is 7.11 Å². The smallest absolute Gasteiger partial charge is 0.120 e. The number of nitrogens with zero attached hydrogens (tertiary/aromatic N) is 1. The Morgan fingerprint density at radius 1 is 1.25 bits per heavy atom. The normalized spacial score (nSPS) is 31.4. The van der Waals surface area contributed by atoms with E-state index in [1.54, 1.807) is 7.11 Å². The summed E-state index contributed by atoms with van der Waals surface area (Å²) in [6.45, 7) is 7.22. The van der Waals surface area contributed by atoms with Crippen molar-refractivity contribution in [2.24, 2.45) is 11.8 Å². The topological polar surface area (TPSA) is 12.5 Å². The Balaban J connectivity index is 2.11. The molecule has 110 valence electrons. The molecule has 0 bridgehead atoms. The maximum absolute atomic E-state index is 5.43. The third-order valence-corrected chi connectivity index (χ3v) is 5.88. The average Bonchev–Trinajstić information content (AvgIpc) is 2.44. The van der Waals surface area contributed by atoms with Crippen LogP contribution in [0.2, 0.25) is 0 Å². The molecule has 0 saturated heterocycles. The Morgan fingerprint density at radius 2 is 2.00 bits per heavy atom. The zero-order valence-electron chi connectivity index (χ0n) is 13.4.